The van der Waals surface area contributed by atoms with Gasteiger partial charge in [-0.25, -0.2) is 0 Å². The Morgan fingerprint density at radius 2 is 1.84 bits per heavy atom. The summed E-state index contributed by atoms with van der Waals surface area (Å²) in [6, 6.07) is 14.1. The zero-order valence-electron chi connectivity index (χ0n) is 10.5. The molecule has 96 valence electrons. The van der Waals surface area contributed by atoms with E-state index in [1.165, 1.54) is 11.1 Å². The van der Waals surface area contributed by atoms with E-state index in [2.05, 4.69) is 29.2 Å². The summed E-state index contributed by atoms with van der Waals surface area (Å²) in [5, 5.41) is 0.520. The summed E-state index contributed by atoms with van der Waals surface area (Å²) in [6.45, 7) is 1.75. The maximum Gasteiger partial charge on any atom is 0.153 e. The van der Waals surface area contributed by atoms with Crippen molar-refractivity contribution in [3.8, 4) is 0 Å². The summed E-state index contributed by atoms with van der Waals surface area (Å²) in [5.41, 5.74) is 4.24. The SMILES string of the molecule is O=Cc1c(Cl)cccc1N1CCc2ccccc2C1. The first kappa shape index (κ1) is 12.2. The van der Waals surface area contributed by atoms with Gasteiger partial charge in [0.15, 0.2) is 6.29 Å². The summed E-state index contributed by atoms with van der Waals surface area (Å²) in [7, 11) is 0. The van der Waals surface area contributed by atoms with Crippen LogP contribution in [-0.2, 0) is 13.0 Å². The summed E-state index contributed by atoms with van der Waals surface area (Å²) in [5.74, 6) is 0. The molecule has 0 atom stereocenters. The van der Waals surface area contributed by atoms with Crippen molar-refractivity contribution in [3.05, 3.63) is 64.2 Å². The number of benzene rings is 2. The standard InChI is InChI=1S/C16H14ClNO/c17-15-6-3-7-16(14(15)11-19)18-9-8-12-4-1-2-5-13(12)10-18/h1-7,11H,8-10H2. The predicted octanol–water partition coefficient (Wildman–Crippen LogP) is 3.72. The molecule has 0 saturated carbocycles. The zero-order valence-corrected chi connectivity index (χ0v) is 11.2. The predicted molar refractivity (Wildman–Crippen MR) is 78.0 cm³/mol. The third-order valence-electron chi connectivity index (χ3n) is 3.62. The van der Waals surface area contributed by atoms with Crippen molar-refractivity contribution in [1.82, 2.24) is 0 Å². The Labute approximate surface area is 117 Å². The molecule has 0 amide bonds. The summed E-state index contributed by atoms with van der Waals surface area (Å²) in [4.78, 5) is 13.4. The van der Waals surface area contributed by atoms with Crippen molar-refractivity contribution in [3.63, 3.8) is 0 Å². The molecule has 0 aromatic heterocycles. The lowest BCUT2D eigenvalue weighted by Gasteiger charge is -2.31. The average molecular weight is 272 g/mol. The second-order valence-electron chi connectivity index (χ2n) is 4.73. The van der Waals surface area contributed by atoms with Crippen molar-refractivity contribution >= 4 is 23.6 Å². The molecule has 3 rings (SSSR count). The number of anilines is 1. The largest absolute Gasteiger partial charge is 0.366 e. The molecule has 3 heteroatoms. The van der Waals surface area contributed by atoms with Crippen LogP contribution in [0.5, 0.6) is 0 Å². The molecule has 1 heterocycles. The van der Waals surface area contributed by atoms with Gasteiger partial charge in [0.2, 0.25) is 0 Å². The Bertz CT molecular complexity index is 624. The lowest BCUT2D eigenvalue weighted by molar-refractivity contribution is 0.112. The van der Waals surface area contributed by atoms with E-state index in [1.807, 2.05) is 12.1 Å². The summed E-state index contributed by atoms with van der Waals surface area (Å²) in [6.07, 6.45) is 1.85. The van der Waals surface area contributed by atoms with Gasteiger partial charge in [-0.05, 0) is 29.7 Å². The highest BCUT2D eigenvalue weighted by molar-refractivity contribution is 6.33. The maximum absolute atomic E-state index is 11.2. The molecule has 2 aromatic rings. The minimum atomic E-state index is 0.520. The van der Waals surface area contributed by atoms with Gasteiger partial charge in [-0.3, -0.25) is 4.79 Å². The monoisotopic (exact) mass is 271 g/mol. The molecule has 0 unspecified atom stereocenters. The van der Waals surface area contributed by atoms with Crippen LogP contribution < -0.4 is 4.90 Å². The van der Waals surface area contributed by atoms with E-state index >= 15 is 0 Å². The minimum Gasteiger partial charge on any atom is -0.366 e. The molecule has 1 aliphatic heterocycles. The van der Waals surface area contributed by atoms with Crippen LogP contribution >= 0.6 is 11.6 Å². The van der Waals surface area contributed by atoms with Crippen LogP contribution in [0.2, 0.25) is 5.02 Å². The van der Waals surface area contributed by atoms with Crippen LogP contribution in [0.15, 0.2) is 42.5 Å². The Morgan fingerprint density at radius 3 is 2.63 bits per heavy atom. The van der Waals surface area contributed by atoms with Gasteiger partial charge in [-0.1, -0.05) is 41.9 Å². The van der Waals surface area contributed by atoms with E-state index < -0.39 is 0 Å². The van der Waals surface area contributed by atoms with Crippen LogP contribution in [0, 0.1) is 0 Å². The lowest BCUT2D eigenvalue weighted by atomic mass is 9.99. The normalized spacial score (nSPS) is 14.1. The Hall–Kier alpha value is -1.80. The van der Waals surface area contributed by atoms with Gasteiger partial charge in [0, 0.05) is 18.8 Å². The van der Waals surface area contributed by atoms with Crippen LogP contribution in [0.4, 0.5) is 5.69 Å². The van der Waals surface area contributed by atoms with Gasteiger partial charge in [-0.2, -0.15) is 0 Å². The van der Waals surface area contributed by atoms with E-state index in [0.717, 1.165) is 31.5 Å². The number of hydrogen-bond donors (Lipinski definition) is 0. The van der Waals surface area contributed by atoms with E-state index in [0.29, 0.717) is 10.6 Å². The van der Waals surface area contributed by atoms with Gasteiger partial charge in [0.05, 0.1) is 10.6 Å². The first-order chi connectivity index (χ1) is 9.29. The van der Waals surface area contributed by atoms with E-state index in [-0.39, 0.29) is 0 Å². The molecule has 0 N–H and O–H groups in total. The van der Waals surface area contributed by atoms with Gasteiger partial charge >= 0.3 is 0 Å². The number of carbonyl (C=O) groups excluding carboxylic acids is 1. The van der Waals surface area contributed by atoms with Gasteiger partial charge in [-0.15, -0.1) is 0 Å². The number of aldehydes is 1. The second kappa shape index (κ2) is 5.06. The number of nitrogens with zero attached hydrogens (tertiary/aromatic N) is 1. The Kier molecular flexibility index (Phi) is 3.26. The third-order valence-corrected chi connectivity index (χ3v) is 3.95. The summed E-state index contributed by atoms with van der Waals surface area (Å²) < 4.78 is 0. The number of halogens is 1. The zero-order chi connectivity index (χ0) is 13.2. The number of fused-ring (bicyclic) bond motifs is 1. The number of carbonyl (C=O) groups is 1. The molecule has 2 aromatic carbocycles. The molecular weight excluding hydrogens is 258 g/mol. The fraction of sp³-hybridized carbons (Fsp3) is 0.188. The fourth-order valence-corrected chi connectivity index (χ4v) is 2.83. The van der Waals surface area contributed by atoms with Gasteiger partial charge in [0.25, 0.3) is 0 Å². The highest BCUT2D eigenvalue weighted by Gasteiger charge is 2.19. The van der Waals surface area contributed by atoms with Crippen LogP contribution in [0.1, 0.15) is 21.5 Å². The van der Waals surface area contributed by atoms with Crippen LogP contribution in [0.25, 0.3) is 0 Å². The third kappa shape index (κ3) is 2.24. The second-order valence-corrected chi connectivity index (χ2v) is 5.14. The average Bonchev–Trinajstić information content (AvgIpc) is 2.46. The number of rotatable bonds is 2. The van der Waals surface area contributed by atoms with Crippen molar-refractivity contribution < 1.29 is 4.79 Å². The van der Waals surface area contributed by atoms with Crippen molar-refractivity contribution in [2.24, 2.45) is 0 Å². The van der Waals surface area contributed by atoms with Crippen molar-refractivity contribution in [2.75, 3.05) is 11.4 Å². The van der Waals surface area contributed by atoms with E-state index in [9.17, 15) is 4.79 Å². The topological polar surface area (TPSA) is 20.3 Å². The van der Waals surface area contributed by atoms with Crippen LogP contribution in [0.3, 0.4) is 0 Å². The first-order valence-corrected chi connectivity index (χ1v) is 6.73. The molecule has 0 radical (unpaired) electrons. The van der Waals surface area contributed by atoms with Gasteiger partial charge in [0.1, 0.15) is 0 Å². The van der Waals surface area contributed by atoms with Crippen molar-refractivity contribution in [2.45, 2.75) is 13.0 Å². The molecule has 2 nitrogen and oxygen atoms in total. The minimum absolute atomic E-state index is 0.520. The van der Waals surface area contributed by atoms with Crippen LogP contribution in [-0.4, -0.2) is 12.8 Å². The molecule has 1 aliphatic rings. The first-order valence-electron chi connectivity index (χ1n) is 6.35. The fourth-order valence-electron chi connectivity index (χ4n) is 2.62. The molecule has 0 aliphatic carbocycles. The highest BCUT2D eigenvalue weighted by atomic mass is 35.5. The van der Waals surface area contributed by atoms with Crippen molar-refractivity contribution in [1.29, 1.82) is 0 Å². The maximum atomic E-state index is 11.2. The molecule has 0 bridgehead atoms. The quantitative estimate of drug-likeness (QED) is 0.776. The lowest BCUT2D eigenvalue weighted by Crippen LogP contribution is -2.31. The smallest absolute Gasteiger partial charge is 0.153 e. The molecule has 0 fully saturated rings. The van der Waals surface area contributed by atoms with E-state index in [1.54, 1.807) is 6.07 Å². The summed E-state index contributed by atoms with van der Waals surface area (Å²) >= 11 is 6.09. The molecule has 0 spiro atoms. The molecule has 19 heavy (non-hydrogen) atoms. The molecule has 0 saturated heterocycles. The number of hydrogen-bond acceptors (Lipinski definition) is 2. The van der Waals surface area contributed by atoms with Gasteiger partial charge < -0.3 is 4.90 Å². The van der Waals surface area contributed by atoms with E-state index in [4.69, 9.17) is 11.6 Å². The highest BCUT2D eigenvalue weighted by Crippen LogP contribution is 2.30. The Morgan fingerprint density at radius 1 is 1.05 bits per heavy atom. The molecular formula is C16H14ClNO. The Balaban J connectivity index is 1.98.